The van der Waals surface area contributed by atoms with Gasteiger partial charge in [0, 0.05) is 30.1 Å². The fourth-order valence-electron chi connectivity index (χ4n) is 6.09. The van der Waals surface area contributed by atoms with E-state index in [1.54, 1.807) is 25.1 Å². The number of esters is 1. The van der Waals surface area contributed by atoms with Crippen LogP contribution in [0.2, 0.25) is 10.0 Å². The molecule has 0 bridgehead atoms. The molecule has 10 heteroatoms. The maximum atomic E-state index is 12.1. The third-order valence-corrected chi connectivity index (χ3v) is 8.98. The molecule has 0 amide bonds. The highest BCUT2D eigenvalue weighted by atomic mass is 35.5. The predicted molar refractivity (Wildman–Crippen MR) is 151 cm³/mol. The Balaban J connectivity index is 1.01. The summed E-state index contributed by atoms with van der Waals surface area (Å²) in [6, 6.07) is 11.3. The highest BCUT2D eigenvalue weighted by molar-refractivity contribution is 6.39. The second-order valence-electron chi connectivity index (χ2n) is 11.2. The Bertz CT molecular complexity index is 1570. The van der Waals surface area contributed by atoms with E-state index in [4.69, 9.17) is 41.6 Å². The Labute approximate surface area is 241 Å². The van der Waals surface area contributed by atoms with E-state index in [9.17, 15) is 4.79 Å². The highest BCUT2D eigenvalue weighted by Gasteiger charge is 2.50. The van der Waals surface area contributed by atoms with Crippen molar-refractivity contribution in [2.75, 3.05) is 24.6 Å². The van der Waals surface area contributed by atoms with Gasteiger partial charge < -0.3 is 23.3 Å². The minimum atomic E-state index is -0.361. The van der Waals surface area contributed by atoms with Gasteiger partial charge in [0.15, 0.2) is 5.58 Å². The Morgan fingerprint density at radius 2 is 1.98 bits per heavy atom. The van der Waals surface area contributed by atoms with E-state index in [1.807, 2.05) is 18.2 Å². The second-order valence-corrected chi connectivity index (χ2v) is 12.0. The number of nitrogens with zero attached hydrogens (tertiary/aromatic N) is 3. The Hall–Kier alpha value is -3.07. The fourth-order valence-corrected chi connectivity index (χ4v) is 6.67. The van der Waals surface area contributed by atoms with Crippen molar-refractivity contribution >= 4 is 46.3 Å². The van der Waals surface area contributed by atoms with E-state index in [1.165, 1.54) is 0 Å². The summed E-state index contributed by atoms with van der Waals surface area (Å²) in [5.41, 5.74) is 4.31. The van der Waals surface area contributed by atoms with E-state index < -0.39 is 0 Å². The lowest BCUT2D eigenvalue weighted by atomic mass is 9.66. The molecule has 1 spiro atoms. The van der Waals surface area contributed by atoms with Crippen molar-refractivity contribution < 1.29 is 23.2 Å². The van der Waals surface area contributed by atoms with Crippen LogP contribution in [0.25, 0.3) is 22.4 Å². The van der Waals surface area contributed by atoms with Gasteiger partial charge in [0.1, 0.15) is 17.0 Å². The summed E-state index contributed by atoms with van der Waals surface area (Å²) in [5, 5.41) is 5.47. The molecule has 1 saturated heterocycles. The third-order valence-electron chi connectivity index (χ3n) is 8.35. The summed E-state index contributed by atoms with van der Waals surface area (Å²) in [6.07, 6.45) is 5.36. The zero-order chi connectivity index (χ0) is 27.4. The number of carbonyl (C=O) groups excluding carboxylic acids is 1. The van der Waals surface area contributed by atoms with Crippen molar-refractivity contribution in [3.8, 4) is 11.3 Å². The molecule has 8 nitrogen and oxygen atoms in total. The Kier molecular flexibility index (Phi) is 6.52. The molecule has 4 aromatic rings. The maximum absolute atomic E-state index is 12.1. The van der Waals surface area contributed by atoms with E-state index in [0.717, 1.165) is 62.0 Å². The summed E-state index contributed by atoms with van der Waals surface area (Å²) in [7, 11) is 0. The van der Waals surface area contributed by atoms with Gasteiger partial charge in [-0.3, -0.25) is 0 Å². The van der Waals surface area contributed by atoms with Crippen molar-refractivity contribution in [1.82, 2.24) is 10.1 Å². The molecule has 208 valence electrons. The number of carbonyl (C=O) groups is 1. The number of fused-ring (bicyclic) bond motifs is 1. The minimum absolute atomic E-state index is 0.159. The molecule has 2 aromatic heterocycles. The first kappa shape index (κ1) is 25.9. The van der Waals surface area contributed by atoms with Gasteiger partial charge in [0.05, 0.1) is 34.9 Å². The monoisotopic (exact) mass is 581 g/mol. The highest BCUT2D eigenvalue weighted by Crippen LogP contribution is 2.51. The summed E-state index contributed by atoms with van der Waals surface area (Å²) in [5.74, 6) is 0.927. The van der Waals surface area contributed by atoms with Crippen molar-refractivity contribution in [1.29, 1.82) is 0 Å². The smallest absolute Gasteiger partial charge is 0.338 e. The molecule has 2 saturated carbocycles. The number of oxazole rings is 1. The molecule has 3 fully saturated rings. The standard InChI is InChI=1S/C30H29Cl2N3O5/c1-2-37-28(36)18-8-9-23-24(12-18)39-29(33-23)35-11-10-30(16-35)13-19(14-30)38-15-20-26(34-40-27(20)17-6-7-17)25-21(31)4-3-5-22(25)32/h3-5,8-9,12,17,19H,2,6-7,10-11,13-16H2,1H3. The van der Waals surface area contributed by atoms with Gasteiger partial charge in [-0.25, -0.2) is 4.79 Å². The number of benzene rings is 2. The van der Waals surface area contributed by atoms with Gasteiger partial charge in [-0.2, -0.15) is 4.98 Å². The molecule has 0 radical (unpaired) electrons. The zero-order valence-electron chi connectivity index (χ0n) is 22.1. The molecular formula is C30H29Cl2N3O5. The van der Waals surface area contributed by atoms with E-state index in [-0.39, 0.29) is 17.5 Å². The van der Waals surface area contributed by atoms with E-state index in [2.05, 4.69) is 15.0 Å². The molecule has 2 aromatic carbocycles. The first-order chi connectivity index (χ1) is 19.4. The van der Waals surface area contributed by atoms with E-state index >= 15 is 0 Å². The molecule has 0 unspecified atom stereocenters. The maximum Gasteiger partial charge on any atom is 0.338 e. The van der Waals surface area contributed by atoms with Crippen LogP contribution in [-0.2, 0) is 16.1 Å². The molecule has 7 rings (SSSR count). The first-order valence-corrected chi connectivity index (χ1v) is 14.6. The number of ether oxygens (including phenoxy) is 2. The second kappa shape index (κ2) is 10.1. The Morgan fingerprint density at radius 1 is 1.18 bits per heavy atom. The van der Waals surface area contributed by atoms with Crippen LogP contribution in [0, 0.1) is 5.41 Å². The summed E-state index contributed by atoms with van der Waals surface area (Å²) in [4.78, 5) is 19.0. The third kappa shape index (κ3) is 4.66. The van der Waals surface area contributed by atoms with Gasteiger partial charge in [-0.05, 0) is 74.8 Å². The van der Waals surface area contributed by atoms with Crippen LogP contribution in [0.5, 0.6) is 0 Å². The molecule has 0 atom stereocenters. The number of halogens is 2. The average Bonchev–Trinajstić information content (AvgIpc) is 3.32. The van der Waals surface area contributed by atoms with Crippen molar-refractivity contribution in [2.24, 2.45) is 5.41 Å². The van der Waals surface area contributed by atoms with Crippen LogP contribution in [0.15, 0.2) is 45.3 Å². The number of hydrogen-bond acceptors (Lipinski definition) is 8. The van der Waals surface area contributed by atoms with E-state index in [0.29, 0.717) is 57.6 Å². The van der Waals surface area contributed by atoms with Crippen molar-refractivity contribution in [2.45, 2.75) is 57.7 Å². The molecule has 1 aliphatic heterocycles. The average molecular weight is 582 g/mol. The minimum Gasteiger partial charge on any atom is -0.462 e. The van der Waals surface area contributed by atoms with Crippen molar-refractivity contribution in [3.05, 3.63) is 63.3 Å². The van der Waals surface area contributed by atoms with Gasteiger partial charge in [-0.15, -0.1) is 0 Å². The first-order valence-electron chi connectivity index (χ1n) is 13.8. The number of anilines is 1. The van der Waals surface area contributed by atoms with Crippen LogP contribution >= 0.6 is 23.2 Å². The topological polar surface area (TPSA) is 90.8 Å². The van der Waals surface area contributed by atoms with Crippen molar-refractivity contribution in [3.63, 3.8) is 0 Å². The number of hydrogen-bond donors (Lipinski definition) is 0. The SMILES string of the molecule is CCOC(=O)c1ccc2nc(N3CCC4(CC(OCc5c(-c6c(Cl)cccc6Cl)noc5C5CC5)C4)C3)oc2c1. The van der Waals surface area contributed by atoms with Crippen LogP contribution in [0.3, 0.4) is 0 Å². The number of aromatic nitrogens is 2. The lowest BCUT2D eigenvalue weighted by molar-refractivity contribution is -0.0797. The predicted octanol–water partition coefficient (Wildman–Crippen LogP) is 7.42. The molecule has 0 N–H and O–H groups in total. The van der Waals surface area contributed by atoms with Crippen LogP contribution in [0.4, 0.5) is 6.01 Å². The molecule has 3 heterocycles. The number of rotatable bonds is 8. The van der Waals surface area contributed by atoms with Crippen LogP contribution in [-0.4, -0.2) is 41.9 Å². The molecule has 40 heavy (non-hydrogen) atoms. The van der Waals surface area contributed by atoms with Gasteiger partial charge in [0.2, 0.25) is 0 Å². The lowest BCUT2D eigenvalue weighted by Gasteiger charge is -2.44. The fraction of sp³-hybridized carbons (Fsp3) is 0.433. The van der Waals surface area contributed by atoms with Gasteiger partial charge >= 0.3 is 5.97 Å². The van der Waals surface area contributed by atoms with Gasteiger partial charge in [-0.1, -0.05) is 34.4 Å². The summed E-state index contributed by atoms with van der Waals surface area (Å²) < 4.78 is 23.4. The summed E-state index contributed by atoms with van der Waals surface area (Å²) in [6.45, 7) is 4.28. The van der Waals surface area contributed by atoms with Crippen LogP contribution in [0.1, 0.15) is 66.6 Å². The summed E-state index contributed by atoms with van der Waals surface area (Å²) >= 11 is 13.0. The van der Waals surface area contributed by atoms with Gasteiger partial charge in [0.25, 0.3) is 6.01 Å². The zero-order valence-corrected chi connectivity index (χ0v) is 23.6. The Morgan fingerprint density at radius 3 is 2.73 bits per heavy atom. The largest absolute Gasteiger partial charge is 0.462 e. The molecule has 3 aliphatic rings. The quantitative estimate of drug-likeness (QED) is 0.198. The van der Waals surface area contributed by atoms with Crippen LogP contribution < -0.4 is 4.90 Å². The normalized spacial score (nSPS) is 22.3. The lowest BCUT2D eigenvalue weighted by Crippen LogP contribution is -2.44. The molecular weight excluding hydrogens is 553 g/mol. The molecule has 2 aliphatic carbocycles.